The number of esters is 1. The molecule has 0 fully saturated rings. The van der Waals surface area contributed by atoms with Crippen LogP contribution in [0.4, 0.5) is 0 Å². The third kappa shape index (κ3) is 5.00. The van der Waals surface area contributed by atoms with Gasteiger partial charge in [0.15, 0.2) is 0 Å². The first-order chi connectivity index (χ1) is 16.5. The van der Waals surface area contributed by atoms with Crippen molar-refractivity contribution in [3.05, 3.63) is 99.9 Å². The van der Waals surface area contributed by atoms with Crippen LogP contribution < -0.4 is 19.9 Å². The SMILES string of the molecule is CCCOc1ccccc1C1C(C#N)=C(N)Oc2cc(OC(=O)Cc3ccc(Cl)cc3)ccc21. The Morgan fingerprint density at radius 1 is 1.12 bits per heavy atom. The Kier molecular flexibility index (Phi) is 7.05. The number of nitrogens with zero attached hydrogens (tertiary/aromatic N) is 1. The van der Waals surface area contributed by atoms with E-state index in [1.165, 1.54) is 0 Å². The third-order valence-corrected chi connectivity index (χ3v) is 5.63. The number of halogens is 1. The van der Waals surface area contributed by atoms with Gasteiger partial charge < -0.3 is 19.9 Å². The molecule has 7 heteroatoms. The molecule has 1 aliphatic heterocycles. The van der Waals surface area contributed by atoms with Crippen LogP contribution in [0, 0.1) is 11.3 Å². The van der Waals surface area contributed by atoms with E-state index in [0.717, 1.165) is 23.1 Å². The highest BCUT2D eigenvalue weighted by atomic mass is 35.5. The van der Waals surface area contributed by atoms with Crippen LogP contribution in [0.15, 0.2) is 78.2 Å². The molecule has 1 aliphatic rings. The van der Waals surface area contributed by atoms with Crippen molar-refractivity contribution in [1.29, 1.82) is 5.26 Å². The summed E-state index contributed by atoms with van der Waals surface area (Å²) in [4.78, 5) is 12.4. The van der Waals surface area contributed by atoms with Gasteiger partial charge in [-0.3, -0.25) is 4.79 Å². The summed E-state index contributed by atoms with van der Waals surface area (Å²) >= 11 is 5.90. The van der Waals surface area contributed by atoms with Gasteiger partial charge in [-0.25, -0.2) is 0 Å². The number of fused-ring (bicyclic) bond motifs is 1. The number of nitriles is 1. The summed E-state index contributed by atoms with van der Waals surface area (Å²) in [5.41, 5.74) is 8.76. The quantitative estimate of drug-likeness (QED) is 0.359. The number of ether oxygens (including phenoxy) is 3. The Morgan fingerprint density at radius 2 is 1.88 bits per heavy atom. The summed E-state index contributed by atoms with van der Waals surface area (Å²) in [6.07, 6.45) is 0.951. The molecule has 1 heterocycles. The maximum Gasteiger partial charge on any atom is 0.315 e. The molecule has 0 bridgehead atoms. The number of carbonyl (C=O) groups is 1. The average molecular weight is 475 g/mol. The van der Waals surface area contributed by atoms with Gasteiger partial charge in [-0.05, 0) is 36.2 Å². The number of allylic oxidation sites excluding steroid dienone is 1. The summed E-state index contributed by atoms with van der Waals surface area (Å²) in [5, 5.41) is 10.4. The normalized spacial score (nSPS) is 14.6. The monoisotopic (exact) mass is 474 g/mol. The molecule has 3 aromatic carbocycles. The lowest BCUT2D eigenvalue weighted by Gasteiger charge is -2.28. The molecule has 1 unspecified atom stereocenters. The molecule has 2 N–H and O–H groups in total. The van der Waals surface area contributed by atoms with Crippen LogP contribution in [0.25, 0.3) is 0 Å². The molecule has 1 atom stereocenters. The van der Waals surface area contributed by atoms with Crippen molar-refractivity contribution in [1.82, 2.24) is 0 Å². The zero-order valence-electron chi connectivity index (χ0n) is 18.6. The van der Waals surface area contributed by atoms with Crippen molar-refractivity contribution in [3.8, 4) is 23.3 Å². The van der Waals surface area contributed by atoms with Crippen LogP contribution in [-0.2, 0) is 11.2 Å². The van der Waals surface area contributed by atoms with Gasteiger partial charge in [0, 0.05) is 22.2 Å². The summed E-state index contributed by atoms with van der Waals surface area (Å²) in [7, 11) is 0. The number of hydrogen-bond donors (Lipinski definition) is 1. The van der Waals surface area contributed by atoms with E-state index in [-0.39, 0.29) is 12.3 Å². The molecule has 34 heavy (non-hydrogen) atoms. The number of benzene rings is 3. The lowest BCUT2D eigenvalue weighted by molar-refractivity contribution is -0.133. The first-order valence-electron chi connectivity index (χ1n) is 10.9. The van der Waals surface area contributed by atoms with Gasteiger partial charge in [-0.1, -0.05) is 54.9 Å². The molecule has 6 nitrogen and oxygen atoms in total. The van der Waals surface area contributed by atoms with E-state index in [0.29, 0.717) is 34.5 Å². The summed E-state index contributed by atoms with van der Waals surface area (Å²) in [6.45, 7) is 2.58. The van der Waals surface area contributed by atoms with Crippen LogP contribution in [0.1, 0.15) is 36.0 Å². The number of hydrogen-bond acceptors (Lipinski definition) is 6. The summed E-state index contributed by atoms with van der Waals surface area (Å²) in [6, 6.07) is 21.8. The molecule has 0 aliphatic carbocycles. The highest BCUT2D eigenvalue weighted by Gasteiger charge is 2.33. The predicted molar refractivity (Wildman–Crippen MR) is 129 cm³/mol. The topological polar surface area (TPSA) is 94.6 Å². The van der Waals surface area contributed by atoms with E-state index >= 15 is 0 Å². The van der Waals surface area contributed by atoms with Crippen molar-refractivity contribution in [3.63, 3.8) is 0 Å². The predicted octanol–water partition coefficient (Wildman–Crippen LogP) is 5.50. The van der Waals surface area contributed by atoms with Crippen molar-refractivity contribution < 1.29 is 19.0 Å². The number of rotatable bonds is 7. The Morgan fingerprint density at radius 3 is 2.62 bits per heavy atom. The van der Waals surface area contributed by atoms with Gasteiger partial charge >= 0.3 is 5.97 Å². The minimum atomic E-state index is -0.472. The Labute approximate surface area is 203 Å². The molecular formula is C27H23ClN2O4. The van der Waals surface area contributed by atoms with E-state index in [9.17, 15) is 10.1 Å². The average Bonchev–Trinajstić information content (AvgIpc) is 2.83. The van der Waals surface area contributed by atoms with Crippen molar-refractivity contribution in [2.45, 2.75) is 25.7 Å². The van der Waals surface area contributed by atoms with Crippen LogP contribution in [0.5, 0.6) is 17.2 Å². The highest BCUT2D eigenvalue weighted by Crippen LogP contribution is 2.45. The number of carbonyl (C=O) groups excluding carboxylic acids is 1. The smallest absolute Gasteiger partial charge is 0.315 e. The second-order valence-electron chi connectivity index (χ2n) is 7.79. The summed E-state index contributed by atoms with van der Waals surface area (Å²) < 4.78 is 17.2. The fraction of sp³-hybridized carbons (Fsp3) is 0.185. The molecule has 0 saturated carbocycles. The lowest BCUT2D eigenvalue weighted by atomic mass is 9.83. The van der Waals surface area contributed by atoms with Crippen molar-refractivity contribution in [2.75, 3.05) is 6.61 Å². The van der Waals surface area contributed by atoms with E-state index in [2.05, 4.69) is 6.07 Å². The van der Waals surface area contributed by atoms with Gasteiger partial charge in [0.25, 0.3) is 0 Å². The maximum absolute atomic E-state index is 12.4. The zero-order chi connectivity index (χ0) is 24.1. The Hall–Kier alpha value is -3.95. The van der Waals surface area contributed by atoms with Gasteiger partial charge in [-0.15, -0.1) is 0 Å². The largest absolute Gasteiger partial charge is 0.493 e. The number of nitrogens with two attached hydrogens (primary N) is 1. The fourth-order valence-electron chi connectivity index (χ4n) is 3.82. The highest BCUT2D eigenvalue weighted by molar-refractivity contribution is 6.30. The molecular weight excluding hydrogens is 452 g/mol. The first-order valence-corrected chi connectivity index (χ1v) is 11.3. The van der Waals surface area contributed by atoms with E-state index in [4.69, 9.17) is 31.5 Å². The summed E-state index contributed by atoms with van der Waals surface area (Å²) in [5.74, 6) is 0.537. The molecule has 0 aromatic heterocycles. The second-order valence-corrected chi connectivity index (χ2v) is 8.22. The van der Waals surface area contributed by atoms with Crippen LogP contribution in [0.2, 0.25) is 5.02 Å². The molecule has 4 rings (SSSR count). The maximum atomic E-state index is 12.4. The van der Waals surface area contributed by atoms with Crippen LogP contribution in [0.3, 0.4) is 0 Å². The van der Waals surface area contributed by atoms with Crippen molar-refractivity contribution >= 4 is 17.6 Å². The Balaban J connectivity index is 1.63. The van der Waals surface area contributed by atoms with Gasteiger partial charge in [0.05, 0.1) is 18.9 Å². The standard InChI is InChI=1S/C27H23ClN2O4/c1-2-13-32-23-6-4-3-5-20(23)26-21-12-11-19(15-24(21)34-27(30)22(26)16-29)33-25(31)14-17-7-9-18(28)10-8-17/h3-12,15,26H,2,13-14,30H2,1H3. The molecule has 0 amide bonds. The van der Waals surface area contributed by atoms with Crippen LogP contribution in [-0.4, -0.2) is 12.6 Å². The number of para-hydroxylation sites is 1. The molecule has 172 valence electrons. The minimum Gasteiger partial charge on any atom is -0.493 e. The molecule has 0 spiro atoms. The fourth-order valence-corrected chi connectivity index (χ4v) is 3.94. The Bertz CT molecular complexity index is 1280. The molecule has 3 aromatic rings. The molecule has 0 saturated heterocycles. The van der Waals surface area contributed by atoms with Crippen molar-refractivity contribution in [2.24, 2.45) is 5.73 Å². The van der Waals surface area contributed by atoms with E-state index in [1.807, 2.05) is 31.2 Å². The molecule has 0 radical (unpaired) electrons. The second kappa shape index (κ2) is 10.3. The van der Waals surface area contributed by atoms with Gasteiger partial charge in [-0.2, -0.15) is 5.26 Å². The minimum absolute atomic E-state index is 0.00920. The first kappa shape index (κ1) is 23.2. The zero-order valence-corrected chi connectivity index (χ0v) is 19.3. The van der Waals surface area contributed by atoms with Crippen LogP contribution >= 0.6 is 11.6 Å². The van der Waals surface area contributed by atoms with E-state index < -0.39 is 11.9 Å². The lowest BCUT2D eigenvalue weighted by Crippen LogP contribution is -2.21. The third-order valence-electron chi connectivity index (χ3n) is 5.38. The van der Waals surface area contributed by atoms with Gasteiger partial charge in [0.1, 0.15) is 28.9 Å². The van der Waals surface area contributed by atoms with E-state index in [1.54, 1.807) is 42.5 Å². The van der Waals surface area contributed by atoms with Gasteiger partial charge in [0.2, 0.25) is 5.88 Å².